The third-order valence-corrected chi connectivity index (χ3v) is 3.41. The van der Waals surface area contributed by atoms with Crippen molar-refractivity contribution in [3.63, 3.8) is 0 Å². The highest BCUT2D eigenvalue weighted by Gasteiger charge is 2.14. The molecule has 0 aromatic carbocycles. The van der Waals surface area contributed by atoms with Gasteiger partial charge in [-0.2, -0.15) is 0 Å². The van der Waals surface area contributed by atoms with Crippen LogP contribution in [0.4, 0.5) is 11.6 Å². The number of hydrogen-bond acceptors (Lipinski definition) is 6. The summed E-state index contributed by atoms with van der Waals surface area (Å²) in [6.45, 7) is 10.0. The predicted octanol–water partition coefficient (Wildman–Crippen LogP) is 0.806. The number of morpholine rings is 1. The molecule has 2 rings (SSSR count). The molecule has 22 heavy (non-hydrogen) atoms. The Morgan fingerprint density at radius 1 is 1.32 bits per heavy atom. The summed E-state index contributed by atoms with van der Waals surface area (Å²) in [6.07, 6.45) is 0. The van der Waals surface area contributed by atoms with Gasteiger partial charge in [0.1, 0.15) is 17.5 Å². The van der Waals surface area contributed by atoms with Crippen molar-refractivity contribution in [3.8, 4) is 0 Å². The van der Waals surface area contributed by atoms with Gasteiger partial charge in [-0.05, 0) is 6.92 Å². The van der Waals surface area contributed by atoms with Gasteiger partial charge >= 0.3 is 0 Å². The minimum absolute atomic E-state index is 0.00854. The van der Waals surface area contributed by atoms with E-state index >= 15 is 0 Å². The molecule has 0 aliphatic carbocycles. The molecule has 0 bridgehead atoms. The van der Waals surface area contributed by atoms with Gasteiger partial charge in [-0.25, -0.2) is 9.97 Å². The van der Waals surface area contributed by atoms with E-state index in [0.29, 0.717) is 13.1 Å². The van der Waals surface area contributed by atoms with Crippen LogP contribution in [0.3, 0.4) is 0 Å². The largest absolute Gasteiger partial charge is 0.378 e. The summed E-state index contributed by atoms with van der Waals surface area (Å²) in [5.41, 5.74) is 0. The van der Waals surface area contributed by atoms with Gasteiger partial charge < -0.3 is 20.3 Å². The highest BCUT2D eigenvalue weighted by molar-refractivity contribution is 5.77. The van der Waals surface area contributed by atoms with Gasteiger partial charge in [0, 0.05) is 38.2 Å². The number of aryl methyl sites for hydroxylation is 1. The van der Waals surface area contributed by atoms with E-state index in [9.17, 15) is 4.79 Å². The number of anilines is 2. The second-order valence-corrected chi connectivity index (χ2v) is 5.63. The number of rotatable bonds is 6. The molecule has 1 fully saturated rings. The molecule has 1 aliphatic heterocycles. The van der Waals surface area contributed by atoms with Crippen LogP contribution < -0.4 is 15.5 Å². The SMILES string of the molecule is Cc1nc(NCCNC(=O)C(C)C)cc(N2CCOCC2)n1. The van der Waals surface area contributed by atoms with Gasteiger partial charge in [0.25, 0.3) is 0 Å². The maximum absolute atomic E-state index is 11.5. The van der Waals surface area contributed by atoms with Gasteiger partial charge in [0.15, 0.2) is 0 Å². The first-order chi connectivity index (χ1) is 10.6. The molecule has 0 atom stereocenters. The first kappa shape index (κ1) is 16.5. The van der Waals surface area contributed by atoms with Crippen molar-refractivity contribution in [2.45, 2.75) is 20.8 Å². The van der Waals surface area contributed by atoms with Crippen molar-refractivity contribution in [1.29, 1.82) is 0 Å². The lowest BCUT2D eigenvalue weighted by Gasteiger charge is -2.28. The number of amides is 1. The number of nitrogens with zero attached hydrogens (tertiary/aromatic N) is 3. The Balaban J connectivity index is 1.88. The summed E-state index contributed by atoms with van der Waals surface area (Å²) in [7, 11) is 0. The normalized spacial score (nSPS) is 15.0. The number of nitrogens with one attached hydrogen (secondary N) is 2. The first-order valence-corrected chi connectivity index (χ1v) is 7.76. The number of carbonyl (C=O) groups excluding carboxylic acids is 1. The van der Waals surface area contributed by atoms with Crippen LogP contribution in [0, 0.1) is 12.8 Å². The summed E-state index contributed by atoms with van der Waals surface area (Å²) >= 11 is 0. The van der Waals surface area contributed by atoms with Crippen LogP contribution in [0.5, 0.6) is 0 Å². The highest BCUT2D eigenvalue weighted by Crippen LogP contribution is 2.16. The molecule has 1 saturated heterocycles. The standard InChI is InChI=1S/C15H25N5O2/c1-11(2)15(21)17-5-4-16-13-10-14(19-12(3)18-13)20-6-8-22-9-7-20/h10-11H,4-9H2,1-3H3,(H,17,21)(H,16,18,19). The smallest absolute Gasteiger partial charge is 0.222 e. The lowest BCUT2D eigenvalue weighted by molar-refractivity contribution is -0.123. The summed E-state index contributed by atoms with van der Waals surface area (Å²) in [5.74, 6) is 2.51. The van der Waals surface area contributed by atoms with Crippen LogP contribution in [0.25, 0.3) is 0 Å². The fraction of sp³-hybridized carbons (Fsp3) is 0.667. The quantitative estimate of drug-likeness (QED) is 0.757. The highest BCUT2D eigenvalue weighted by atomic mass is 16.5. The van der Waals surface area contributed by atoms with E-state index in [4.69, 9.17) is 4.74 Å². The molecule has 2 N–H and O–H groups in total. The molecule has 1 aromatic rings. The van der Waals surface area contributed by atoms with Gasteiger partial charge in [-0.3, -0.25) is 4.79 Å². The van der Waals surface area contributed by atoms with Gasteiger partial charge in [-0.15, -0.1) is 0 Å². The van der Waals surface area contributed by atoms with Gasteiger partial charge in [-0.1, -0.05) is 13.8 Å². The fourth-order valence-corrected chi connectivity index (χ4v) is 2.18. The Morgan fingerprint density at radius 2 is 2.05 bits per heavy atom. The molecule has 2 heterocycles. The van der Waals surface area contributed by atoms with Crippen molar-refractivity contribution >= 4 is 17.5 Å². The van der Waals surface area contributed by atoms with E-state index in [-0.39, 0.29) is 11.8 Å². The van der Waals surface area contributed by atoms with E-state index in [1.165, 1.54) is 0 Å². The van der Waals surface area contributed by atoms with Crippen LogP contribution in [0.15, 0.2) is 6.07 Å². The van der Waals surface area contributed by atoms with Crippen LogP contribution >= 0.6 is 0 Å². The van der Waals surface area contributed by atoms with E-state index in [2.05, 4.69) is 25.5 Å². The van der Waals surface area contributed by atoms with Crippen LogP contribution in [-0.4, -0.2) is 55.3 Å². The van der Waals surface area contributed by atoms with Crippen molar-refractivity contribution in [2.24, 2.45) is 5.92 Å². The maximum Gasteiger partial charge on any atom is 0.222 e. The Bertz CT molecular complexity index is 501. The second-order valence-electron chi connectivity index (χ2n) is 5.63. The Hall–Kier alpha value is -1.89. The summed E-state index contributed by atoms with van der Waals surface area (Å²) in [4.78, 5) is 22.6. The zero-order chi connectivity index (χ0) is 15.9. The second kappa shape index (κ2) is 7.93. The molecule has 7 nitrogen and oxygen atoms in total. The van der Waals surface area contributed by atoms with Crippen LogP contribution in [0.1, 0.15) is 19.7 Å². The zero-order valence-electron chi connectivity index (χ0n) is 13.6. The minimum atomic E-state index is 0.00854. The Morgan fingerprint density at radius 3 is 2.73 bits per heavy atom. The van der Waals surface area contributed by atoms with Crippen molar-refractivity contribution in [1.82, 2.24) is 15.3 Å². The zero-order valence-corrected chi connectivity index (χ0v) is 13.6. The van der Waals surface area contributed by atoms with Gasteiger partial charge in [0.2, 0.25) is 5.91 Å². The van der Waals surface area contributed by atoms with Crippen molar-refractivity contribution in [3.05, 3.63) is 11.9 Å². The van der Waals surface area contributed by atoms with Crippen LogP contribution in [-0.2, 0) is 9.53 Å². The molecule has 0 radical (unpaired) electrons. The van der Waals surface area contributed by atoms with E-state index < -0.39 is 0 Å². The molecule has 122 valence electrons. The number of hydrogen-bond donors (Lipinski definition) is 2. The average molecular weight is 307 g/mol. The summed E-state index contributed by atoms with van der Waals surface area (Å²) in [6, 6.07) is 1.95. The maximum atomic E-state index is 11.5. The molecule has 0 spiro atoms. The molecule has 0 saturated carbocycles. The number of ether oxygens (including phenoxy) is 1. The molecule has 1 aliphatic rings. The Kier molecular flexibility index (Phi) is 5.94. The topological polar surface area (TPSA) is 79.4 Å². The van der Waals surface area contributed by atoms with E-state index in [1.54, 1.807) is 0 Å². The number of aromatic nitrogens is 2. The summed E-state index contributed by atoms with van der Waals surface area (Å²) in [5, 5.41) is 6.11. The van der Waals surface area contributed by atoms with Gasteiger partial charge in [0.05, 0.1) is 13.2 Å². The van der Waals surface area contributed by atoms with E-state index in [0.717, 1.165) is 43.8 Å². The monoisotopic (exact) mass is 307 g/mol. The van der Waals surface area contributed by atoms with Crippen LogP contribution in [0.2, 0.25) is 0 Å². The average Bonchev–Trinajstić information content (AvgIpc) is 2.51. The third-order valence-electron chi connectivity index (χ3n) is 3.41. The first-order valence-electron chi connectivity index (χ1n) is 7.76. The molecule has 0 unspecified atom stereocenters. The molecular weight excluding hydrogens is 282 g/mol. The van der Waals surface area contributed by atoms with Crippen molar-refractivity contribution in [2.75, 3.05) is 49.6 Å². The molecular formula is C15H25N5O2. The molecule has 1 aromatic heterocycles. The fourth-order valence-electron chi connectivity index (χ4n) is 2.18. The minimum Gasteiger partial charge on any atom is -0.378 e. The molecule has 7 heteroatoms. The summed E-state index contributed by atoms with van der Waals surface area (Å²) < 4.78 is 5.36. The van der Waals surface area contributed by atoms with E-state index in [1.807, 2.05) is 26.8 Å². The molecule has 1 amide bonds. The number of carbonyl (C=O) groups is 1. The lowest BCUT2D eigenvalue weighted by atomic mass is 10.2. The lowest BCUT2D eigenvalue weighted by Crippen LogP contribution is -2.37. The van der Waals surface area contributed by atoms with Crippen molar-refractivity contribution < 1.29 is 9.53 Å². The Labute approximate surface area is 131 Å². The third kappa shape index (κ3) is 4.84. The predicted molar refractivity (Wildman–Crippen MR) is 86.1 cm³/mol.